The van der Waals surface area contributed by atoms with Gasteiger partial charge in [0.05, 0.1) is 46.4 Å². The molecule has 1 unspecified atom stereocenters. The lowest BCUT2D eigenvalue weighted by molar-refractivity contribution is -0.163. The van der Waals surface area contributed by atoms with Gasteiger partial charge in [-0.3, -0.25) is 9.59 Å². The summed E-state index contributed by atoms with van der Waals surface area (Å²) in [6.07, 6.45) is -4.33. The monoisotopic (exact) mass is 472 g/mol. The summed E-state index contributed by atoms with van der Waals surface area (Å²) in [6, 6.07) is 4.68. The molecule has 0 amide bonds. The molecule has 182 valence electrons. The van der Waals surface area contributed by atoms with Crippen LogP contribution in [0.25, 0.3) is 10.8 Å². The van der Waals surface area contributed by atoms with Gasteiger partial charge in [-0.15, -0.1) is 0 Å². The van der Waals surface area contributed by atoms with Gasteiger partial charge in [-0.2, -0.15) is 0 Å². The molecular weight excluding hydrogens is 444 g/mol. The van der Waals surface area contributed by atoms with Gasteiger partial charge in [0.25, 0.3) is 0 Å². The molecule has 5 rings (SSSR count). The summed E-state index contributed by atoms with van der Waals surface area (Å²) in [5.41, 5.74) is -2.88. The normalized spacial score (nSPS) is 38.0. The second-order valence-corrected chi connectivity index (χ2v) is 10.4. The Morgan fingerprint density at radius 3 is 2.41 bits per heavy atom. The molecule has 2 fully saturated rings. The Hall–Kier alpha value is -2.56. The number of phenolic OH excluding ortho intramolecular Hbond substituents is 2. The van der Waals surface area contributed by atoms with Crippen molar-refractivity contribution in [1.82, 2.24) is 0 Å². The molecule has 2 aromatic carbocycles. The van der Waals surface area contributed by atoms with E-state index in [1.165, 1.54) is 13.0 Å². The fraction of sp³-hybridized carbons (Fsp3) is 0.520. The number of ketones is 2. The molecule has 0 aromatic heterocycles. The summed E-state index contributed by atoms with van der Waals surface area (Å²) < 4.78 is 5.76. The fourth-order valence-electron chi connectivity index (χ4n) is 6.14. The second-order valence-electron chi connectivity index (χ2n) is 10.4. The Labute approximate surface area is 195 Å². The zero-order chi connectivity index (χ0) is 24.7. The van der Waals surface area contributed by atoms with Gasteiger partial charge >= 0.3 is 0 Å². The van der Waals surface area contributed by atoms with Crippen LogP contribution in [0.2, 0.25) is 0 Å². The quantitative estimate of drug-likeness (QED) is 0.359. The number of hydrogen-bond donors (Lipinski definition) is 6. The van der Waals surface area contributed by atoms with Crippen molar-refractivity contribution in [2.24, 2.45) is 0 Å². The molecule has 2 aliphatic carbocycles. The smallest absolute Gasteiger partial charge is 0.169 e. The number of phenols is 2. The molecule has 6 N–H and O–H groups in total. The summed E-state index contributed by atoms with van der Waals surface area (Å²) in [4.78, 5) is 26.0. The number of aromatic hydroxyl groups is 2. The van der Waals surface area contributed by atoms with Crippen molar-refractivity contribution < 1.29 is 45.0 Å². The minimum Gasteiger partial charge on any atom is -0.507 e. The molecule has 0 bridgehead atoms. The van der Waals surface area contributed by atoms with E-state index in [1.54, 1.807) is 19.1 Å². The Balaban J connectivity index is 1.66. The predicted octanol–water partition coefficient (Wildman–Crippen LogP) is 1.34. The number of aliphatic hydroxyl groups is 4. The number of fused-ring (bicyclic) bond motifs is 4. The second kappa shape index (κ2) is 7.47. The summed E-state index contributed by atoms with van der Waals surface area (Å²) >= 11 is 0. The number of Topliss-reactive ketones (excluding diaryl/α,β-unsaturated/α-hetero) is 2. The van der Waals surface area contributed by atoms with Crippen LogP contribution in [0.15, 0.2) is 18.2 Å². The van der Waals surface area contributed by atoms with Crippen LogP contribution < -0.4 is 0 Å². The Bertz CT molecular complexity index is 1210. The maximum atomic E-state index is 13.1. The molecule has 2 aromatic rings. The highest BCUT2D eigenvalue weighted by Crippen LogP contribution is 2.53. The van der Waals surface area contributed by atoms with Gasteiger partial charge in [-0.25, -0.2) is 0 Å². The van der Waals surface area contributed by atoms with Crippen molar-refractivity contribution in [3.8, 4) is 11.5 Å². The van der Waals surface area contributed by atoms with E-state index in [0.29, 0.717) is 5.39 Å². The van der Waals surface area contributed by atoms with Crippen LogP contribution in [0.4, 0.5) is 0 Å². The maximum absolute atomic E-state index is 13.1. The third kappa shape index (κ3) is 3.34. The van der Waals surface area contributed by atoms with Gasteiger partial charge in [0.15, 0.2) is 5.78 Å². The zero-order valence-corrected chi connectivity index (χ0v) is 18.9. The lowest BCUT2D eigenvalue weighted by atomic mass is 9.60. The van der Waals surface area contributed by atoms with Gasteiger partial charge in [0.1, 0.15) is 23.4 Å². The Morgan fingerprint density at radius 2 is 1.74 bits per heavy atom. The van der Waals surface area contributed by atoms with Crippen LogP contribution in [-0.2, 0) is 9.53 Å². The number of rotatable bonds is 1. The number of carbonyl (C=O) groups excluding carboxylic acids is 2. The van der Waals surface area contributed by atoms with Gasteiger partial charge in [-0.05, 0) is 30.9 Å². The predicted molar refractivity (Wildman–Crippen MR) is 119 cm³/mol. The molecule has 1 heterocycles. The Morgan fingerprint density at radius 1 is 1.03 bits per heavy atom. The molecule has 9 nitrogen and oxygen atoms in total. The number of hydrogen-bond acceptors (Lipinski definition) is 9. The first-order valence-corrected chi connectivity index (χ1v) is 11.4. The minimum absolute atomic E-state index is 0.00200. The number of carbonyl (C=O) groups is 2. The van der Waals surface area contributed by atoms with Crippen LogP contribution in [0.3, 0.4) is 0 Å². The average molecular weight is 472 g/mol. The number of benzene rings is 2. The third-order valence-electron chi connectivity index (χ3n) is 7.53. The van der Waals surface area contributed by atoms with E-state index < -0.39 is 65.3 Å². The summed E-state index contributed by atoms with van der Waals surface area (Å²) in [5.74, 6) is -2.93. The molecule has 1 saturated heterocycles. The van der Waals surface area contributed by atoms with Gasteiger partial charge in [-0.1, -0.05) is 12.1 Å². The fourth-order valence-corrected chi connectivity index (χ4v) is 6.14. The summed E-state index contributed by atoms with van der Waals surface area (Å²) in [7, 11) is 0. The number of ether oxygens (including phenoxy) is 1. The van der Waals surface area contributed by atoms with E-state index in [1.807, 2.05) is 0 Å². The first-order chi connectivity index (χ1) is 15.8. The molecule has 0 spiro atoms. The summed E-state index contributed by atoms with van der Waals surface area (Å²) in [5, 5.41) is 64.3. The molecule has 7 atom stereocenters. The molecule has 34 heavy (non-hydrogen) atoms. The van der Waals surface area contributed by atoms with E-state index in [4.69, 9.17) is 4.74 Å². The molecule has 3 aliphatic rings. The van der Waals surface area contributed by atoms with Crippen molar-refractivity contribution >= 4 is 22.3 Å². The van der Waals surface area contributed by atoms with Crippen LogP contribution in [0.1, 0.15) is 73.0 Å². The standard InChI is InChI=1S/C25H28O9/c1-10-21(29)14(26)6-17(34-10)12-4-3-11-5-13-19(23(31)18(11)22(12)30)15(27)8-25(33)9-24(2,32)7-16(28)20(13)25/h3-5,10,14,17,20-21,26,29-33H,6-9H2,1-2H3/t10-,14-,17-,20?,21-,24+,25+/m1/s1. The van der Waals surface area contributed by atoms with Crippen molar-refractivity contribution in [2.45, 2.75) is 81.1 Å². The van der Waals surface area contributed by atoms with Gasteiger partial charge in [0, 0.05) is 31.2 Å². The van der Waals surface area contributed by atoms with Crippen LogP contribution in [-0.4, -0.2) is 71.7 Å². The lowest BCUT2D eigenvalue weighted by Crippen LogP contribution is -2.56. The highest BCUT2D eigenvalue weighted by molar-refractivity contribution is 6.12. The van der Waals surface area contributed by atoms with Crippen molar-refractivity contribution in [2.75, 3.05) is 0 Å². The molecule has 9 heteroatoms. The van der Waals surface area contributed by atoms with Crippen LogP contribution in [0, 0.1) is 0 Å². The molecule has 0 radical (unpaired) electrons. The SMILES string of the molecule is C[C@H]1O[C@@H](c2ccc3cc4c(c(O)c3c2O)C(=O)C[C@]2(O)C[C@@](C)(O)CC(=O)C42)C[C@@H](O)[C@@H]1O. The van der Waals surface area contributed by atoms with E-state index in [9.17, 15) is 40.2 Å². The zero-order valence-electron chi connectivity index (χ0n) is 18.9. The first-order valence-electron chi connectivity index (χ1n) is 11.4. The van der Waals surface area contributed by atoms with Crippen molar-refractivity contribution in [1.29, 1.82) is 0 Å². The molecule has 1 aliphatic heterocycles. The lowest BCUT2D eigenvalue weighted by Gasteiger charge is -2.47. The highest BCUT2D eigenvalue weighted by Gasteiger charge is 2.56. The van der Waals surface area contributed by atoms with Crippen molar-refractivity contribution in [3.05, 3.63) is 34.9 Å². The average Bonchev–Trinajstić information content (AvgIpc) is 2.69. The van der Waals surface area contributed by atoms with Gasteiger partial charge < -0.3 is 35.4 Å². The van der Waals surface area contributed by atoms with Crippen molar-refractivity contribution in [3.63, 3.8) is 0 Å². The molecular formula is C25H28O9. The topological polar surface area (TPSA) is 165 Å². The number of aliphatic hydroxyl groups excluding tert-OH is 2. The minimum atomic E-state index is -1.77. The highest BCUT2D eigenvalue weighted by atomic mass is 16.5. The third-order valence-corrected chi connectivity index (χ3v) is 7.53. The van der Waals surface area contributed by atoms with Gasteiger partial charge in [0.2, 0.25) is 0 Å². The van der Waals surface area contributed by atoms with E-state index >= 15 is 0 Å². The van der Waals surface area contributed by atoms with Crippen LogP contribution in [0.5, 0.6) is 11.5 Å². The van der Waals surface area contributed by atoms with Crippen LogP contribution >= 0.6 is 0 Å². The Kier molecular flexibility index (Phi) is 5.09. The van der Waals surface area contributed by atoms with E-state index in [2.05, 4.69) is 0 Å². The van der Waals surface area contributed by atoms with E-state index in [0.717, 1.165) is 0 Å². The summed E-state index contributed by atoms with van der Waals surface area (Å²) in [6.45, 7) is 3.05. The molecule has 1 saturated carbocycles. The maximum Gasteiger partial charge on any atom is 0.169 e. The first kappa shape index (κ1) is 23.2. The van der Waals surface area contributed by atoms with E-state index in [-0.39, 0.29) is 47.1 Å². The largest absolute Gasteiger partial charge is 0.507 e.